The molecule has 3 rings (SSSR count). The van der Waals surface area contributed by atoms with Crippen molar-refractivity contribution in [1.29, 1.82) is 0 Å². The highest BCUT2D eigenvalue weighted by Crippen LogP contribution is 2.39. The van der Waals surface area contributed by atoms with Gasteiger partial charge in [0.05, 0.1) is 6.10 Å². The molecule has 20 heavy (non-hydrogen) atoms. The lowest BCUT2D eigenvalue weighted by molar-refractivity contribution is 0.0199. The van der Waals surface area contributed by atoms with Crippen molar-refractivity contribution in [1.82, 2.24) is 0 Å². The lowest BCUT2D eigenvalue weighted by atomic mass is 9.93. The Morgan fingerprint density at radius 3 is 2.70 bits per heavy atom. The summed E-state index contributed by atoms with van der Waals surface area (Å²) in [6.45, 7) is 1.87. The first kappa shape index (κ1) is 12.8. The van der Waals surface area contributed by atoms with Crippen LogP contribution in [-0.2, 0) is 6.42 Å². The predicted octanol–water partition coefficient (Wildman–Crippen LogP) is 2.44. The quantitative estimate of drug-likeness (QED) is 0.745. The maximum Gasteiger partial charge on any atom is 0.150 e. The number of aryl methyl sites for hydroxylation is 1. The van der Waals surface area contributed by atoms with Gasteiger partial charge in [0.2, 0.25) is 0 Å². The van der Waals surface area contributed by atoms with Crippen LogP contribution >= 0.6 is 0 Å². The van der Waals surface area contributed by atoms with Gasteiger partial charge in [-0.05, 0) is 42.3 Å². The van der Waals surface area contributed by atoms with Crippen molar-refractivity contribution in [2.75, 3.05) is 0 Å². The first-order valence-electron chi connectivity index (χ1n) is 6.51. The van der Waals surface area contributed by atoms with Gasteiger partial charge >= 0.3 is 0 Å². The molecule has 0 aliphatic carbocycles. The number of phenolic OH excluding ortho intramolecular Hbond substituents is 2. The van der Waals surface area contributed by atoms with Crippen molar-refractivity contribution in [2.24, 2.45) is 0 Å². The van der Waals surface area contributed by atoms with Crippen LogP contribution in [0.3, 0.4) is 0 Å². The number of fused-ring (bicyclic) bond motifs is 1. The zero-order valence-electron chi connectivity index (χ0n) is 11.1. The van der Waals surface area contributed by atoms with E-state index in [2.05, 4.69) is 0 Å². The molecule has 0 bridgehead atoms. The van der Waals surface area contributed by atoms with E-state index in [0.717, 1.165) is 11.1 Å². The predicted molar refractivity (Wildman–Crippen MR) is 74.0 cm³/mol. The van der Waals surface area contributed by atoms with Crippen LogP contribution in [0.1, 0.15) is 22.8 Å². The van der Waals surface area contributed by atoms with Gasteiger partial charge in [-0.25, -0.2) is 0 Å². The molecular formula is C16H16O4. The zero-order valence-corrected chi connectivity index (χ0v) is 11.1. The minimum atomic E-state index is -0.767. The molecule has 4 heteroatoms. The number of hydrogen-bond acceptors (Lipinski definition) is 4. The minimum Gasteiger partial charge on any atom is -0.508 e. The molecule has 1 heterocycles. The van der Waals surface area contributed by atoms with Gasteiger partial charge in [-0.1, -0.05) is 12.1 Å². The normalized spacial score (nSPS) is 21.1. The van der Waals surface area contributed by atoms with Crippen molar-refractivity contribution >= 4 is 0 Å². The maximum absolute atomic E-state index is 10.3. The Bertz CT molecular complexity index is 631. The fourth-order valence-electron chi connectivity index (χ4n) is 2.65. The van der Waals surface area contributed by atoms with Crippen LogP contribution in [0.15, 0.2) is 36.4 Å². The van der Waals surface area contributed by atoms with Crippen LogP contribution in [-0.4, -0.2) is 21.4 Å². The molecule has 2 unspecified atom stereocenters. The average Bonchev–Trinajstić information content (AvgIpc) is 2.38. The summed E-state index contributed by atoms with van der Waals surface area (Å²) in [6.07, 6.45) is -0.992. The number of phenols is 2. The molecule has 2 aromatic rings. The SMILES string of the molecule is Cc1cc(O)cc(C2Oc3cccc(O)c3CC2O)c1. The minimum absolute atomic E-state index is 0.132. The van der Waals surface area contributed by atoms with Gasteiger partial charge in [0, 0.05) is 12.0 Å². The summed E-state index contributed by atoms with van der Waals surface area (Å²) >= 11 is 0. The summed E-state index contributed by atoms with van der Waals surface area (Å²) in [4.78, 5) is 0. The molecule has 0 saturated carbocycles. The van der Waals surface area contributed by atoms with Crippen molar-refractivity contribution in [2.45, 2.75) is 25.6 Å². The summed E-state index contributed by atoms with van der Waals surface area (Å²) in [5.74, 6) is 0.853. The van der Waals surface area contributed by atoms with E-state index in [4.69, 9.17) is 4.74 Å². The highest BCUT2D eigenvalue weighted by molar-refractivity contribution is 5.47. The highest BCUT2D eigenvalue weighted by atomic mass is 16.5. The van der Waals surface area contributed by atoms with E-state index in [0.29, 0.717) is 17.7 Å². The molecule has 4 nitrogen and oxygen atoms in total. The standard InChI is InChI=1S/C16H16O4/c1-9-5-10(7-11(17)6-9)16-14(19)8-12-13(18)3-2-4-15(12)20-16/h2-7,14,16-19H,8H2,1H3. The number of aromatic hydroxyl groups is 2. The Morgan fingerprint density at radius 2 is 1.95 bits per heavy atom. The lowest BCUT2D eigenvalue weighted by Crippen LogP contribution is -2.30. The van der Waals surface area contributed by atoms with E-state index in [-0.39, 0.29) is 11.5 Å². The van der Waals surface area contributed by atoms with Crippen molar-refractivity contribution in [3.8, 4) is 17.2 Å². The van der Waals surface area contributed by atoms with Crippen LogP contribution in [0, 0.1) is 6.92 Å². The number of aliphatic hydroxyl groups excluding tert-OH is 1. The molecule has 0 aromatic heterocycles. The van der Waals surface area contributed by atoms with Crippen LogP contribution in [0.25, 0.3) is 0 Å². The topological polar surface area (TPSA) is 69.9 Å². The van der Waals surface area contributed by atoms with Crippen molar-refractivity contribution in [3.63, 3.8) is 0 Å². The van der Waals surface area contributed by atoms with E-state index in [1.165, 1.54) is 0 Å². The molecule has 1 aliphatic rings. The van der Waals surface area contributed by atoms with Crippen LogP contribution in [0.5, 0.6) is 17.2 Å². The molecule has 0 fully saturated rings. The van der Waals surface area contributed by atoms with Gasteiger partial charge in [-0.2, -0.15) is 0 Å². The molecule has 0 amide bonds. The van der Waals surface area contributed by atoms with Crippen LogP contribution in [0.4, 0.5) is 0 Å². The van der Waals surface area contributed by atoms with E-state index in [9.17, 15) is 15.3 Å². The molecule has 1 aliphatic heterocycles. The van der Waals surface area contributed by atoms with E-state index in [1.54, 1.807) is 30.3 Å². The molecule has 2 aromatic carbocycles. The van der Waals surface area contributed by atoms with E-state index < -0.39 is 12.2 Å². The van der Waals surface area contributed by atoms with Gasteiger partial charge in [0.15, 0.2) is 0 Å². The Labute approximate surface area is 116 Å². The van der Waals surface area contributed by atoms with Crippen molar-refractivity contribution < 1.29 is 20.1 Å². The molecule has 0 saturated heterocycles. The monoisotopic (exact) mass is 272 g/mol. The van der Waals surface area contributed by atoms with Gasteiger partial charge in [0.1, 0.15) is 23.4 Å². The van der Waals surface area contributed by atoms with Crippen LogP contribution in [0.2, 0.25) is 0 Å². The fourth-order valence-corrected chi connectivity index (χ4v) is 2.65. The second kappa shape index (κ2) is 4.72. The smallest absolute Gasteiger partial charge is 0.150 e. The van der Waals surface area contributed by atoms with Gasteiger partial charge < -0.3 is 20.1 Å². The first-order valence-corrected chi connectivity index (χ1v) is 6.51. The lowest BCUT2D eigenvalue weighted by Gasteiger charge is -2.31. The summed E-state index contributed by atoms with van der Waals surface area (Å²) in [7, 11) is 0. The van der Waals surface area contributed by atoms with Gasteiger partial charge in [0.25, 0.3) is 0 Å². The number of hydrogen-bond donors (Lipinski definition) is 3. The second-order valence-corrected chi connectivity index (χ2v) is 5.17. The molecule has 104 valence electrons. The Balaban J connectivity index is 2.00. The molecule has 3 N–H and O–H groups in total. The fraction of sp³-hybridized carbons (Fsp3) is 0.250. The Hall–Kier alpha value is -2.20. The molecular weight excluding hydrogens is 256 g/mol. The van der Waals surface area contributed by atoms with Crippen LogP contribution < -0.4 is 4.74 Å². The van der Waals surface area contributed by atoms with Gasteiger partial charge in [-0.15, -0.1) is 0 Å². The number of aliphatic hydroxyl groups is 1. The zero-order chi connectivity index (χ0) is 14.3. The summed E-state index contributed by atoms with van der Waals surface area (Å²) < 4.78 is 5.80. The maximum atomic E-state index is 10.3. The number of benzene rings is 2. The highest BCUT2D eigenvalue weighted by Gasteiger charge is 2.31. The summed E-state index contributed by atoms with van der Waals surface area (Å²) in [5, 5.41) is 29.7. The van der Waals surface area contributed by atoms with E-state index >= 15 is 0 Å². The summed E-state index contributed by atoms with van der Waals surface area (Å²) in [5.41, 5.74) is 2.25. The Kier molecular flexibility index (Phi) is 3.03. The Morgan fingerprint density at radius 1 is 1.15 bits per heavy atom. The van der Waals surface area contributed by atoms with Gasteiger partial charge in [-0.3, -0.25) is 0 Å². The molecule has 0 spiro atoms. The first-order chi connectivity index (χ1) is 9.54. The van der Waals surface area contributed by atoms with E-state index in [1.807, 2.05) is 13.0 Å². The second-order valence-electron chi connectivity index (χ2n) is 5.17. The number of rotatable bonds is 1. The third-order valence-electron chi connectivity index (χ3n) is 3.54. The van der Waals surface area contributed by atoms with Crippen molar-refractivity contribution in [3.05, 3.63) is 53.1 Å². The average molecular weight is 272 g/mol. The molecule has 2 atom stereocenters. The third kappa shape index (κ3) is 2.18. The number of ether oxygens (including phenoxy) is 1. The summed E-state index contributed by atoms with van der Waals surface area (Å²) in [6, 6.07) is 10.2. The third-order valence-corrected chi connectivity index (χ3v) is 3.54. The molecule has 0 radical (unpaired) electrons. The largest absolute Gasteiger partial charge is 0.508 e.